The van der Waals surface area contributed by atoms with Crippen molar-refractivity contribution in [3.8, 4) is 0 Å². The second kappa shape index (κ2) is 6.20. The van der Waals surface area contributed by atoms with Gasteiger partial charge < -0.3 is 12.9 Å². The van der Waals surface area contributed by atoms with Crippen LogP contribution in [0.1, 0.15) is 5.56 Å². The van der Waals surface area contributed by atoms with E-state index in [4.69, 9.17) is 0 Å². The molecule has 0 aliphatic carbocycles. The SMILES string of the molecule is F[B-](F)(F)/C=C/c1cccc2ccccc12.[K+]. The number of fused-ring (bicyclic) bond motifs is 1. The third kappa shape index (κ3) is 4.26. The van der Waals surface area contributed by atoms with Crippen LogP contribution in [-0.2, 0) is 0 Å². The molecule has 17 heavy (non-hydrogen) atoms. The minimum absolute atomic E-state index is 0. The van der Waals surface area contributed by atoms with Crippen LogP contribution in [0, 0.1) is 0 Å². The number of hydrogen-bond acceptors (Lipinski definition) is 0. The standard InChI is InChI=1S/C12H9BF3.K/c14-13(15,16)9-8-11-6-3-5-10-4-1-2-7-12(10)11;/h1-9H;/q-1;+1/b9-8+;. The molecule has 0 N–H and O–H groups in total. The van der Waals surface area contributed by atoms with Crippen molar-refractivity contribution >= 4 is 23.8 Å². The molecule has 0 aliphatic heterocycles. The first-order chi connectivity index (χ1) is 7.56. The maximum Gasteiger partial charge on any atom is 1.00 e. The molecule has 2 rings (SSSR count). The first kappa shape index (κ1) is 15.0. The van der Waals surface area contributed by atoms with E-state index < -0.39 is 6.98 Å². The van der Waals surface area contributed by atoms with Gasteiger partial charge in [-0.05, 0) is 16.3 Å². The molecule has 0 amide bonds. The summed E-state index contributed by atoms with van der Waals surface area (Å²) < 4.78 is 36.4. The molecule has 0 atom stereocenters. The molecule has 0 bridgehead atoms. The van der Waals surface area contributed by atoms with Gasteiger partial charge in [0.05, 0.1) is 0 Å². The summed E-state index contributed by atoms with van der Waals surface area (Å²) in [6.45, 7) is -4.87. The molecule has 0 aliphatic rings. The van der Waals surface area contributed by atoms with E-state index in [2.05, 4.69) is 0 Å². The maximum absolute atomic E-state index is 12.1. The zero-order chi connectivity index (χ0) is 11.6. The Labute approximate surface area is 140 Å². The zero-order valence-electron chi connectivity index (χ0n) is 9.41. The molecule has 0 saturated heterocycles. The van der Waals surface area contributed by atoms with Crippen LogP contribution in [-0.4, -0.2) is 6.98 Å². The second-order valence-corrected chi connectivity index (χ2v) is 3.55. The average molecular weight is 260 g/mol. The van der Waals surface area contributed by atoms with Crippen LogP contribution in [0.5, 0.6) is 0 Å². The molecule has 0 spiro atoms. The van der Waals surface area contributed by atoms with Crippen molar-refractivity contribution in [3.05, 3.63) is 54.0 Å². The topological polar surface area (TPSA) is 0 Å². The minimum Gasteiger partial charge on any atom is -0.445 e. The van der Waals surface area contributed by atoms with Crippen LogP contribution < -0.4 is 51.4 Å². The molecular formula is C12H9BF3K. The summed E-state index contributed by atoms with van der Waals surface area (Å²) in [7, 11) is 0. The van der Waals surface area contributed by atoms with Crippen molar-refractivity contribution < 1.29 is 64.3 Å². The molecule has 5 heteroatoms. The van der Waals surface area contributed by atoms with E-state index in [-0.39, 0.29) is 51.4 Å². The van der Waals surface area contributed by atoms with Crippen molar-refractivity contribution in [1.29, 1.82) is 0 Å². The summed E-state index contributed by atoms with van der Waals surface area (Å²) in [6.07, 6.45) is 1.13. The van der Waals surface area contributed by atoms with Crippen molar-refractivity contribution in [1.82, 2.24) is 0 Å². The van der Waals surface area contributed by atoms with Crippen molar-refractivity contribution in [3.63, 3.8) is 0 Å². The van der Waals surface area contributed by atoms with Gasteiger partial charge in [-0.1, -0.05) is 48.5 Å². The third-order valence-electron chi connectivity index (χ3n) is 2.32. The van der Waals surface area contributed by atoms with E-state index in [0.29, 0.717) is 11.5 Å². The van der Waals surface area contributed by atoms with Crippen LogP contribution in [0.2, 0.25) is 0 Å². The number of rotatable bonds is 2. The van der Waals surface area contributed by atoms with Gasteiger partial charge in [0.2, 0.25) is 0 Å². The van der Waals surface area contributed by atoms with Crippen LogP contribution in [0.3, 0.4) is 0 Å². The molecule has 82 valence electrons. The van der Waals surface area contributed by atoms with Crippen molar-refractivity contribution in [2.24, 2.45) is 0 Å². The fraction of sp³-hybridized carbons (Fsp3) is 0. The molecule has 2 aromatic rings. The molecule has 0 heterocycles. The van der Waals surface area contributed by atoms with E-state index in [1.54, 1.807) is 12.1 Å². The predicted molar refractivity (Wildman–Crippen MR) is 62.1 cm³/mol. The first-order valence-electron chi connectivity index (χ1n) is 4.93. The summed E-state index contributed by atoms with van der Waals surface area (Å²) in [5.74, 6) is 0.321. The molecule has 0 unspecified atom stereocenters. The molecule has 0 aromatic heterocycles. The van der Waals surface area contributed by atoms with E-state index in [0.717, 1.165) is 16.8 Å². The van der Waals surface area contributed by atoms with E-state index >= 15 is 0 Å². The zero-order valence-corrected chi connectivity index (χ0v) is 12.5. The Morgan fingerprint density at radius 3 is 2.24 bits per heavy atom. The maximum atomic E-state index is 12.1. The summed E-state index contributed by atoms with van der Waals surface area (Å²) in [5, 5.41) is 1.78. The number of benzene rings is 2. The summed E-state index contributed by atoms with van der Waals surface area (Å²) in [4.78, 5) is 0. The van der Waals surface area contributed by atoms with Gasteiger partial charge in [-0.25, -0.2) is 0 Å². The van der Waals surface area contributed by atoms with Crippen molar-refractivity contribution in [2.45, 2.75) is 0 Å². The van der Waals surface area contributed by atoms with Gasteiger partial charge in [0, 0.05) is 0 Å². The molecule has 0 fully saturated rings. The smallest absolute Gasteiger partial charge is 0.445 e. The quantitative estimate of drug-likeness (QED) is 0.713. The third-order valence-corrected chi connectivity index (χ3v) is 2.32. The Bertz CT molecular complexity index is 529. The van der Waals surface area contributed by atoms with E-state index in [1.165, 1.54) is 0 Å². The molecule has 0 saturated carbocycles. The van der Waals surface area contributed by atoms with Gasteiger partial charge in [0.1, 0.15) is 0 Å². The summed E-state index contributed by atoms with van der Waals surface area (Å²) >= 11 is 0. The van der Waals surface area contributed by atoms with Crippen molar-refractivity contribution in [2.75, 3.05) is 0 Å². The number of hydrogen-bond donors (Lipinski definition) is 0. The Kier molecular flexibility index (Phi) is 5.47. The minimum atomic E-state index is -4.87. The van der Waals surface area contributed by atoms with Gasteiger partial charge in [-0.3, -0.25) is 0 Å². The fourth-order valence-electron chi connectivity index (χ4n) is 1.61. The fourth-order valence-corrected chi connectivity index (χ4v) is 1.61. The molecule has 0 nitrogen and oxygen atoms in total. The molecular weight excluding hydrogens is 251 g/mol. The average Bonchev–Trinajstić information content (AvgIpc) is 2.25. The number of halogens is 3. The van der Waals surface area contributed by atoms with Gasteiger partial charge >= 0.3 is 58.4 Å². The van der Waals surface area contributed by atoms with Gasteiger partial charge in [0.25, 0.3) is 0 Å². The van der Waals surface area contributed by atoms with Gasteiger partial charge in [0.15, 0.2) is 0 Å². The predicted octanol–water partition coefficient (Wildman–Crippen LogP) is 1.24. The monoisotopic (exact) mass is 260 g/mol. The Morgan fingerprint density at radius 2 is 1.53 bits per heavy atom. The van der Waals surface area contributed by atoms with Crippen LogP contribution >= 0.6 is 0 Å². The van der Waals surface area contributed by atoms with Crippen LogP contribution in [0.4, 0.5) is 12.9 Å². The van der Waals surface area contributed by atoms with E-state index in [1.807, 2.05) is 30.3 Å². The Balaban J connectivity index is 0.00000144. The normalized spacial score (nSPS) is 11.7. The molecule has 0 radical (unpaired) electrons. The van der Waals surface area contributed by atoms with Gasteiger partial charge in [-0.2, -0.15) is 0 Å². The van der Waals surface area contributed by atoms with Gasteiger partial charge in [-0.15, -0.1) is 5.98 Å². The Hall–Kier alpha value is -0.0687. The second-order valence-electron chi connectivity index (χ2n) is 3.55. The summed E-state index contributed by atoms with van der Waals surface area (Å²) in [6, 6.07) is 12.7. The largest absolute Gasteiger partial charge is 1.00 e. The van der Waals surface area contributed by atoms with Crippen LogP contribution in [0.15, 0.2) is 48.4 Å². The van der Waals surface area contributed by atoms with E-state index in [9.17, 15) is 12.9 Å². The first-order valence-corrected chi connectivity index (χ1v) is 4.93. The molecule has 2 aromatic carbocycles. The van der Waals surface area contributed by atoms with Crippen LogP contribution in [0.25, 0.3) is 16.8 Å². The Morgan fingerprint density at radius 1 is 0.882 bits per heavy atom. The summed E-state index contributed by atoms with van der Waals surface area (Å²) in [5.41, 5.74) is 0.595.